The highest BCUT2D eigenvalue weighted by molar-refractivity contribution is 5.52. The second kappa shape index (κ2) is 7.22. The molecule has 1 N–H and O–H groups in total. The van der Waals surface area contributed by atoms with E-state index in [0.29, 0.717) is 23.2 Å². The van der Waals surface area contributed by atoms with Crippen LogP contribution in [0.15, 0.2) is 29.0 Å². The highest BCUT2D eigenvalue weighted by Crippen LogP contribution is 2.44. The third-order valence-electron chi connectivity index (χ3n) is 6.09. The van der Waals surface area contributed by atoms with Crippen LogP contribution in [0.1, 0.15) is 44.4 Å². The van der Waals surface area contributed by atoms with Gasteiger partial charge in [0.05, 0.1) is 6.54 Å². The van der Waals surface area contributed by atoms with E-state index in [1.165, 1.54) is 51.6 Å². The van der Waals surface area contributed by atoms with Crippen LogP contribution in [-0.2, 0) is 6.54 Å². The maximum atomic E-state index is 5.46. The van der Waals surface area contributed by atoms with E-state index in [4.69, 9.17) is 4.52 Å². The Hall–Kier alpha value is -1.79. The largest absolute Gasteiger partial charge is 0.338 e. The molecule has 2 aromatic heterocycles. The van der Waals surface area contributed by atoms with Crippen molar-refractivity contribution in [3.05, 3.63) is 30.4 Å². The average Bonchev–Trinajstić information content (AvgIpc) is 3.12. The van der Waals surface area contributed by atoms with Crippen molar-refractivity contribution in [2.75, 3.05) is 20.1 Å². The zero-order chi connectivity index (χ0) is 17.1. The molecule has 0 bridgehead atoms. The van der Waals surface area contributed by atoms with Crippen LogP contribution in [0.25, 0.3) is 11.4 Å². The minimum atomic E-state index is 0.613. The molecular weight excluding hydrogens is 314 g/mol. The van der Waals surface area contributed by atoms with Gasteiger partial charge in [-0.25, -0.2) is 0 Å². The number of pyridine rings is 1. The molecule has 1 spiro atoms. The van der Waals surface area contributed by atoms with Crippen LogP contribution in [0.3, 0.4) is 0 Å². The summed E-state index contributed by atoms with van der Waals surface area (Å²) in [6.45, 7) is 3.11. The quantitative estimate of drug-likeness (QED) is 0.922. The molecule has 134 valence electrons. The van der Waals surface area contributed by atoms with Gasteiger partial charge in [-0.3, -0.25) is 9.88 Å². The Morgan fingerprint density at radius 2 is 1.88 bits per heavy atom. The van der Waals surface area contributed by atoms with E-state index >= 15 is 0 Å². The van der Waals surface area contributed by atoms with Gasteiger partial charge in [-0.2, -0.15) is 4.98 Å². The predicted molar refractivity (Wildman–Crippen MR) is 95.8 cm³/mol. The molecule has 0 radical (unpaired) electrons. The lowest BCUT2D eigenvalue weighted by molar-refractivity contribution is 0.0697. The molecule has 1 aliphatic heterocycles. The zero-order valence-corrected chi connectivity index (χ0v) is 14.9. The van der Waals surface area contributed by atoms with Crippen LogP contribution in [-0.4, -0.2) is 46.2 Å². The first kappa shape index (κ1) is 16.7. The molecule has 4 rings (SSSR count). The fraction of sp³-hybridized carbons (Fsp3) is 0.632. The molecule has 25 heavy (non-hydrogen) atoms. The second-order valence-electron chi connectivity index (χ2n) is 7.64. The van der Waals surface area contributed by atoms with Crippen molar-refractivity contribution in [2.24, 2.45) is 5.41 Å². The van der Waals surface area contributed by atoms with E-state index in [1.54, 1.807) is 12.4 Å². The summed E-state index contributed by atoms with van der Waals surface area (Å²) in [7, 11) is 2.18. The van der Waals surface area contributed by atoms with Gasteiger partial charge in [-0.1, -0.05) is 5.16 Å². The van der Waals surface area contributed by atoms with Crippen LogP contribution in [0.5, 0.6) is 0 Å². The predicted octanol–water partition coefficient (Wildman–Crippen LogP) is 2.88. The molecule has 6 heteroatoms. The van der Waals surface area contributed by atoms with Crippen molar-refractivity contribution in [1.29, 1.82) is 0 Å². The lowest BCUT2D eigenvalue weighted by Gasteiger charge is -2.45. The lowest BCUT2D eigenvalue weighted by Crippen LogP contribution is -2.43. The molecular formula is C19H27N5O. The van der Waals surface area contributed by atoms with E-state index in [2.05, 4.69) is 32.4 Å². The fourth-order valence-corrected chi connectivity index (χ4v) is 4.39. The maximum Gasteiger partial charge on any atom is 0.241 e. The summed E-state index contributed by atoms with van der Waals surface area (Å²) in [6, 6.07) is 4.42. The molecule has 1 saturated heterocycles. The van der Waals surface area contributed by atoms with Crippen LogP contribution in [0, 0.1) is 5.41 Å². The normalized spacial score (nSPS) is 21.0. The van der Waals surface area contributed by atoms with Crippen LogP contribution < -0.4 is 5.32 Å². The summed E-state index contributed by atoms with van der Waals surface area (Å²) >= 11 is 0. The first-order valence-electron chi connectivity index (χ1n) is 9.38. The smallest absolute Gasteiger partial charge is 0.241 e. The lowest BCUT2D eigenvalue weighted by atomic mass is 9.67. The Bertz CT molecular complexity index is 670. The molecule has 2 fully saturated rings. The van der Waals surface area contributed by atoms with Crippen molar-refractivity contribution in [2.45, 2.75) is 51.1 Å². The standard InChI is InChI=1S/C19H27N5O/c1-24(16-2-6-19(7-3-16)8-12-21-13-9-19)14-17-22-18(23-25-17)15-4-10-20-11-5-15/h4-5,10-11,16,21H,2-3,6-9,12-14H2,1H3. The third-order valence-corrected chi connectivity index (χ3v) is 6.09. The van der Waals surface area contributed by atoms with Crippen molar-refractivity contribution < 1.29 is 4.52 Å². The highest BCUT2D eigenvalue weighted by Gasteiger charge is 2.37. The SMILES string of the molecule is CN(Cc1nc(-c2ccncc2)no1)C1CCC2(CCNCC2)CC1. The topological polar surface area (TPSA) is 67.1 Å². The van der Waals surface area contributed by atoms with Gasteiger partial charge in [0, 0.05) is 24.0 Å². The molecule has 3 heterocycles. The molecule has 0 aromatic carbocycles. The van der Waals surface area contributed by atoms with Crippen molar-refractivity contribution >= 4 is 0 Å². The van der Waals surface area contributed by atoms with Crippen molar-refractivity contribution in [3.63, 3.8) is 0 Å². The summed E-state index contributed by atoms with van der Waals surface area (Å²) in [5, 5.41) is 7.60. The number of hydrogen-bond donors (Lipinski definition) is 1. The van der Waals surface area contributed by atoms with E-state index in [1.807, 2.05) is 12.1 Å². The summed E-state index contributed by atoms with van der Waals surface area (Å²) < 4.78 is 5.46. The summed E-state index contributed by atoms with van der Waals surface area (Å²) in [5.74, 6) is 1.33. The molecule has 0 amide bonds. The summed E-state index contributed by atoms with van der Waals surface area (Å²) in [6.07, 6.45) is 11.5. The molecule has 0 atom stereocenters. The Kier molecular flexibility index (Phi) is 4.81. The zero-order valence-electron chi connectivity index (χ0n) is 14.9. The van der Waals surface area contributed by atoms with Gasteiger partial charge in [0.25, 0.3) is 0 Å². The minimum Gasteiger partial charge on any atom is -0.338 e. The first-order chi connectivity index (χ1) is 12.2. The molecule has 6 nitrogen and oxygen atoms in total. The van der Waals surface area contributed by atoms with Crippen molar-refractivity contribution in [3.8, 4) is 11.4 Å². The van der Waals surface area contributed by atoms with Crippen LogP contribution in [0.4, 0.5) is 0 Å². The van der Waals surface area contributed by atoms with Gasteiger partial charge in [-0.05, 0) is 76.2 Å². The van der Waals surface area contributed by atoms with E-state index in [9.17, 15) is 0 Å². The van der Waals surface area contributed by atoms with Gasteiger partial charge >= 0.3 is 0 Å². The number of aromatic nitrogens is 3. The van der Waals surface area contributed by atoms with Gasteiger partial charge in [-0.15, -0.1) is 0 Å². The van der Waals surface area contributed by atoms with Crippen molar-refractivity contribution in [1.82, 2.24) is 25.3 Å². The Labute approximate surface area is 149 Å². The number of hydrogen-bond acceptors (Lipinski definition) is 6. The average molecular weight is 341 g/mol. The molecule has 2 aromatic rings. The number of piperidine rings is 1. The number of nitrogens with zero attached hydrogens (tertiary/aromatic N) is 4. The molecule has 1 aliphatic carbocycles. The fourth-order valence-electron chi connectivity index (χ4n) is 4.39. The number of nitrogens with one attached hydrogen (secondary N) is 1. The summed E-state index contributed by atoms with van der Waals surface area (Å²) in [5.41, 5.74) is 1.56. The second-order valence-corrected chi connectivity index (χ2v) is 7.64. The monoisotopic (exact) mass is 341 g/mol. The van der Waals surface area contributed by atoms with Gasteiger partial charge < -0.3 is 9.84 Å². The van der Waals surface area contributed by atoms with E-state index in [0.717, 1.165) is 12.1 Å². The number of rotatable bonds is 4. The Morgan fingerprint density at radius 1 is 1.16 bits per heavy atom. The third kappa shape index (κ3) is 3.75. The minimum absolute atomic E-state index is 0.613. The molecule has 2 aliphatic rings. The summed E-state index contributed by atoms with van der Waals surface area (Å²) in [4.78, 5) is 11.0. The Balaban J connectivity index is 1.33. The van der Waals surface area contributed by atoms with Gasteiger partial charge in [0.2, 0.25) is 11.7 Å². The Morgan fingerprint density at radius 3 is 2.60 bits per heavy atom. The van der Waals surface area contributed by atoms with E-state index < -0.39 is 0 Å². The molecule has 1 saturated carbocycles. The van der Waals surface area contributed by atoms with Gasteiger partial charge in [0.15, 0.2) is 0 Å². The van der Waals surface area contributed by atoms with Crippen LogP contribution in [0.2, 0.25) is 0 Å². The first-order valence-corrected chi connectivity index (χ1v) is 9.38. The highest BCUT2D eigenvalue weighted by atomic mass is 16.5. The van der Waals surface area contributed by atoms with Crippen LogP contribution >= 0.6 is 0 Å². The maximum absolute atomic E-state index is 5.46. The molecule has 0 unspecified atom stereocenters. The van der Waals surface area contributed by atoms with Gasteiger partial charge in [0.1, 0.15) is 0 Å². The van der Waals surface area contributed by atoms with E-state index in [-0.39, 0.29) is 0 Å².